The Hall–Kier alpha value is -3.45. The number of hydrogen-bond donors (Lipinski definition) is 1. The zero-order valence-electron chi connectivity index (χ0n) is 16.2. The summed E-state index contributed by atoms with van der Waals surface area (Å²) >= 11 is 0. The molecule has 7 heteroatoms. The molecule has 2 heterocycles. The van der Waals surface area contributed by atoms with Gasteiger partial charge >= 0.3 is 0 Å². The maximum absolute atomic E-state index is 12.5. The number of carbonyl (C=O) groups is 1. The number of aromatic nitrogens is 2. The number of morpholine rings is 1. The normalized spacial score (nSPS) is 13.8. The van der Waals surface area contributed by atoms with Crippen molar-refractivity contribution in [3.63, 3.8) is 0 Å². The fourth-order valence-electron chi connectivity index (χ4n) is 3.18. The van der Waals surface area contributed by atoms with Gasteiger partial charge in [0.15, 0.2) is 5.82 Å². The van der Waals surface area contributed by atoms with Crippen LogP contribution in [0.5, 0.6) is 5.75 Å². The zero-order chi connectivity index (χ0) is 20.1. The van der Waals surface area contributed by atoms with Crippen molar-refractivity contribution < 1.29 is 14.3 Å². The molecule has 1 saturated heterocycles. The molecular formula is C22H22N4O3. The molecule has 4 rings (SSSR count). The first-order valence-electron chi connectivity index (χ1n) is 9.46. The minimum absolute atomic E-state index is 0.199. The summed E-state index contributed by atoms with van der Waals surface area (Å²) in [5, 5.41) is 11.6. The Labute approximate surface area is 169 Å². The Morgan fingerprint density at radius 3 is 2.45 bits per heavy atom. The highest BCUT2D eigenvalue weighted by Crippen LogP contribution is 2.24. The van der Waals surface area contributed by atoms with Gasteiger partial charge in [-0.1, -0.05) is 24.3 Å². The van der Waals surface area contributed by atoms with Crippen molar-refractivity contribution in [2.45, 2.75) is 0 Å². The van der Waals surface area contributed by atoms with Gasteiger partial charge in [-0.2, -0.15) is 0 Å². The SMILES string of the molecule is COc1ccccc1NC(=O)c1ccc(-c2ccc(N3CCOCC3)nn2)cc1. The molecule has 0 bridgehead atoms. The van der Waals surface area contributed by atoms with E-state index in [9.17, 15) is 4.79 Å². The van der Waals surface area contributed by atoms with Crippen LogP contribution in [0.3, 0.4) is 0 Å². The van der Waals surface area contributed by atoms with E-state index in [0.29, 0.717) is 30.2 Å². The first-order chi connectivity index (χ1) is 14.2. The molecule has 2 aromatic carbocycles. The number of benzene rings is 2. The number of rotatable bonds is 5. The monoisotopic (exact) mass is 390 g/mol. The fourth-order valence-corrected chi connectivity index (χ4v) is 3.18. The van der Waals surface area contributed by atoms with Gasteiger partial charge in [-0.25, -0.2) is 0 Å². The van der Waals surface area contributed by atoms with Crippen molar-refractivity contribution in [1.29, 1.82) is 0 Å². The Morgan fingerprint density at radius 2 is 1.76 bits per heavy atom. The number of methoxy groups -OCH3 is 1. The summed E-state index contributed by atoms with van der Waals surface area (Å²) in [6.45, 7) is 3.07. The van der Waals surface area contributed by atoms with Crippen LogP contribution in [0.25, 0.3) is 11.3 Å². The first kappa shape index (κ1) is 18.9. The van der Waals surface area contributed by atoms with Crippen molar-refractivity contribution in [1.82, 2.24) is 10.2 Å². The topological polar surface area (TPSA) is 76.6 Å². The zero-order valence-corrected chi connectivity index (χ0v) is 16.2. The van der Waals surface area contributed by atoms with Crippen LogP contribution in [-0.4, -0.2) is 49.5 Å². The number of ether oxygens (including phenoxy) is 2. The predicted molar refractivity (Wildman–Crippen MR) is 111 cm³/mol. The van der Waals surface area contributed by atoms with Crippen molar-refractivity contribution in [2.24, 2.45) is 0 Å². The highest BCUT2D eigenvalue weighted by atomic mass is 16.5. The summed E-state index contributed by atoms with van der Waals surface area (Å²) < 4.78 is 10.6. The van der Waals surface area contributed by atoms with E-state index in [1.165, 1.54) is 0 Å². The number of nitrogens with zero attached hydrogens (tertiary/aromatic N) is 3. The third kappa shape index (κ3) is 4.35. The molecule has 1 aliphatic heterocycles. The third-order valence-corrected chi connectivity index (χ3v) is 4.78. The van der Waals surface area contributed by atoms with Crippen LogP contribution in [-0.2, 0) is 4.74 Å². The Morgan fingerprint density at radius 1 is 1.00 bits per heavy atom. The minimum atomic E-state index is -0.199. The van der Waals surface area contributed by atoms with Crippen LogP contribution in [0.4, 0.5) is 11.5 Å². The lowest BCUT2D eigenvalue weighted by molar-refractivity contribution is 0.102. The van der Waals surface area contributed by atoms with E-state index >= 15 is 0 Å². The van der Waals surface area contributed by atoms with Gasteiger partial charge in [0.2, 0.25) is 0 Å². The standard InChI is InChI=1S/C22H22N4O3/c1-28-20-5-3-2-4-19(20)23-22(27)17-8-6-16(7-9-17)18-10-11-21(25-24-18)26-12-14-29-15-13-26/h2-11H,12-15H2,1H3,(H,23,27). The highest BCUT2D eigenvalue weighted by molar-refractivity contribution is 6.05. The van der Waals surface area contributed by atoms with Gasteiger partial charge in [0.05, 0.1) is 31.7 Å². The molecule has 1 fully saturated rings. The quantitative estimate of drug-likeness (QED) is 0.721. The van der Waals surface area contributed by atoms with Crippen molar-refractivity contribution in [3.8, 4) is 17.0 Å². The summed E-state index contributed by atoms with van der Waals surface area (Å²) in [4.78, 5) is 14.7. The molecule has 1 aliphatic rings. The van der Waals surface area contributed by atoms with Gasteiger partial charge in [0.25, 0.3) is 5.91 Å². The second kappa shape index (κ2) is 8.70. The van der Waals surface area contributed by atoms with E-state index in [4.69, 9.17) is 9.47 Å². The lowest BCUT2D eigenvalue weighted by Gasteiger charge is -2.27. The number of para-hydroxylation sites is 2. The minimum Gasteiger partial charge on any atom is -0.495 e. The van der Waals surface area contributed by atoms with Crippen molar-refractivity contribution in [3.05, 3.63) is 66.2 Å². The van der Waals surface area contributed by atoms with Gasteiger partial charge in [0.1, 0.15) is 5.75 Å². The Balaban J connectivity index is 1.45. The van der Waals surface area contributed by atoms with E-state index in [0.717, 1.165) is 30.2 Å². The molecule has 29 heavy (non-hydrogen) atoms. The van der Waals surface area contributed by atoms with Crippen LogP contribution in [0.15, 0.2) is 60.7 Å². The van der Waals surface area contributed by atoms with Crippen LogP contribution in [0, 0.1) is 0 Å². The smallest absolute Gasteiger partial charge is 0.255 e. The van der Waals surface area contributed by atoms with E-state index in [1.54, 1.807) is 31.4 Å². The number of amides is 1. The van der Waals surface area contributed by atoms with Gasteiger partial charge in [-0.15, -0.1) is 10.2 Å². The molecule has 0 aliphatic carbocycles. The predicted octanol–water partition coefficient (Wildman–Crippen LogP) is 3.24. The average molecular weight is 390 g/mol. The number of anilines is 2. The lowest BCUT2D eigenvalue weighted by Crippen LogP contribution is -2.36. The highest BCUT2D eigenvalue weighted by Gasteiger charge is 2.13. The molecule has 1 amide bonds. The molecule has 0 radical (unpaired) electrons. The molecule has 0 saturated carbocycles. The number of carbonyl (C=O) groups excluding carboxylic acids is 1. The van der Waals surface area contributed by atoms with E-state index in [1.807, 2.05) is 36.4 Å². The molecule has 1 N–H and O–H groups in total. The number of nitrogens with one attached hydrogen (secondary N) is 1. The second-order valence-electron chi connectivity index (χ2n) is 6.61. The number of hydrogen-bond acceptors (Lipinski definition) is 6. The maximum Gasteiger partial charge on any atom is 0.255 e. The summed E-state index contributed by atoms with van der Waals surface area (Å²) in [5.41, 5.74) is 2.85. The largest absolute Gasteiger partial charge is 0.495 e. The van der Waals surface area contributed by atoms with Gasteiger partial charge in [-0.05, 0) is 36.4 Å². The van der Waals surface area contributed by atoms with Crippen molar-refractivity contribution in [2.75, 3.05) is 43.6 Å². The molecule has 0 spiro atoms. The third-order valence-electron chi connectivity index (χ3n) is 4.78. The Bertz CT molecular complexity index is 968. The molecule has 3 aromatic rings. The lowest BCUT2D eigenvalue weighted by atomic mass is 10.1. The van der Waals surface area contributed by atoms with Crippen LogP contribution in [0.2, 0.25) is 0 Å². The summed E-state index contributed by atoms with van der Waals surface area (Å²) in [7, 11) is 1.57. The fraction of sp³-hybridized carbons (Fsp3) is 0.227. The summed E-state index contributed by atoms with van der Waals surface area (Å²) in [6, 6.07) is 18.5. The van der Waals surface area contributed by atoms with E-state index < -0.39 is 0 Å². The molecule has 148 valence electrons. The van der Waals surface area contributed by atoms with Crippen LogP contribution >= 0.6 is 0 Å². The van der Waals surface area contributed by atoms with Crippen molar-refractivity contribution >= 4 is 17.4 Å². The van der Waals surface area contributed by atoms with Gasteiger partial charge in [-0.3, -0.25) is 4.79 Å². The summed E-state index contributed by atoms with van der Waals surface area (Å²) in [6.07, 6.45) is 0. The van der Waals surface area contributed by atoms with Gasteiger partial charge < -0.3 is 19.7 Å². The van der Waals surface area contributed by atoms with Gasteiger partial charge in [0, 0.05) is 24.2 Å². The average Bonchev–Trinajstić information content (AvgIpc) is 2.80. The maximum atomic E-state index is 12.5. The summed E-state index contributed by atoms with van der Waals surface area (Å²) in [5.74, 6) is 1.27. The van der Waals surface area contributed by atoms with Crippen LogP contribution < -0.4 is 15.0 Å². The molecular weight excluding hydrogens is 368 g/mol. The molecule has 7 nitrogen and oxygen atoms in total. The van der Waals surface area contributed by atoms with Crippen LogP contribution in [0.1, 0.15) is 10.4 Å². The van der Waals surface area contributed by atoms with E-state index in [-0.39, 0.29) is 5.91 Å². The second-order valence-corrected chi connectivity index (χ2v) is 6.61. The molecule has 1 aromatic heterocycles. The van der Waals surface area contributed by atoms with E-state index in [2.05, 4.69) is 20.4 Å². The molecule has 0 atom stereocenters. The molecule has 0 unspecified atom stereocenters. The Kier molecular flexibility index (Phi) is 5.67. The first-order valence-corrected chi connectivity index (χ1v) is 9.46.